The second-order valence-corrected chi connectivity index (χ2v) is 3.68. The Balaban J connectivity index is 2.98. The minimum absolute atomic E-state index is 0.0393. The van der Waals surface area contributed by atoms with Crippen LogP contribution in [-0.4, -0.2) is 19.2 Å². The quantitative estimate of drug-likeness (QED) is 0.479. The van der Waals surface area contributed by atoms with Gasteiger partial charge in [-0.2, -0.15) is 5.26 Å². The number of hydrogen-bond acceptors (Lipinski definition) is 5. The van der Waals surface area contributed by atoms with Crippen LogP contribution in [0.4, 0.5) is 5.69 Å². The molecule has 6 heteroatoms. The molecule has 0 aliphatic rings. The van der Waals surface area contributed by atoms with Gasteiger partial charge in [0.15, 0.2) is 0 Å². The first kappa shape index (κ1) is 13.8. The normalized spacial score (nSPS) is 10.4. The number of hydrogen-bond donors (Lipinski definition) is 2. The van der Waals surface area contributed by atoms with Gasteiger partial charge in [-0.05, 0) is 12.1 Å². The van der Waals surface area contributed by atoms with Crippen molar-refractivity contribution in [3.8, 4) is 17.6 Å². The van der Waals surface area contributed by atoms with Crippen molar-refractivity contribution in [2.24, 2.45) is 5.73 Å². The highest BCUT2D eigenvalue weighted by atomic mass is 32.1. The van der Waals surface area contributed by atoms with Gasteiger partial charge in [0.1, 0.15) is 28.1 Å². The first-order chi connectivity index (χ1) is 8.62. The van der Waals surface area contributed by atoms with Gasteiger partial charge in [-0.1, -0.05) is 12.2 Å². The van der Waals surface area contributed by atoms with Gasteiger partial charge >= 0.3 is 0 Å². The molecule has 1 rings (SSSR count). The summed E-state index contributed by atoms with van der Waals surface area (Å²) >= 11 is 4.73. The highest BCUT2D eigenvalue weighted by Gasteiger charge is 2.04. The summed E-state index contributed by atoms with van der Waals surface area (Å²) in [4.78, 5) is 0.0393. The molecule has 5 nitrogen and oxygen atoms in total. The van der Waals surface area contributed by atoms with Crippen LogP contribution in [0.2, 0.25) is 0 Å². The van der Waals surface area contributed by atoms with Crippen LogP contribution in [0.15, 0.2) is 30.0 Å². The fourth-order valence-corrected chi connectivity index (χ4v) is 1.33. The predicted molar refractivity (Wildman–Crippen MR) is 73.7 cm³/mol. The number of benzene rings is 1. The molecule has 0 fully saturated rings. The molecule has 18 heavy (non-hydrogen) atoms. The number of anilines is 1. The minimum Gasteiger partial charge on any atom is -0.497 e. The van der Waals surface area contributed by atoms with E-state index in [0.29, 0.717) is 17.2 Å². The summed E-state index contributed by atoms with van der Waals surface area (Å²) in [5, 5.41) is 11.7. The zero-order valence-corrected chi connectivity index (χ0v) is 10.9. The number of methoxy groups -OCH3 is 2. The Morgan fingerprint density at radius 3 is 2.67 bits per heavy atom. The molecule has 0 bridgehead atoms. The van der Waals surface area contributed by atoms with E-state index >= 15 is 0 Å². The summed E-state index contributed by atoms with van der Waals surface area (Å²) in [6, 6.07) is 7.16. The van der Waals surface area contributed by atoms with E-state index in [2.05, 4.69) is 5.32 Å². The lowest BCUT2D eigenvalue weighted by atomic mass is 10.2. The first-order valence-corrected chi connectivity index (χ1v) is 5.41. The second kappa shape index (κ2) is 6.47. The van der Waals surface area contributed by atoms with Crippen molar-refractivity contribution in [3.05, 3.63) is 30.0 Å². The molecule has 1 aromatic rings. The van der Waals surface area contributed by atoms with Crippen LogP contribution in [-0.2, 0) is 0 Å². The van der Waals surface area contributed by atoms with Crippen LogP contribution in [0.5, 0.6) is 11.5 Å². The Kier molecular flexibility index (Phi) is 4.96. The third-order valence-electron chi connectivity index (χ3n) is 2.17. The van der Waals surface area contributed by atoms with E-state index in [1.54, 1.807) is 32.4 Å². The number of ether oxygens (including phenoxy) is 2. The first-order valence-electron chi connectivity index (χ1n) is 5.01. The van der Waals surface area contributed by atoms with E-state index in [-0.39, 0.29) is 10.6 Å². The minimum atomic E-state index is 0.0393. The van der Waals surface area contributed by atoms with Crippen molar-refractivity contribution < 1.29 is 9.47 Å². The van der Waals surface area contributed by atoms with Gasteiger partial charge in [-0.3, -0.25) is 0 Å². The fourth-order valence-electron chi connectivity index (χ4n) is 1.23. The molecule has 1 aromatic carbocycles. The average molecular weight is 263 g/mol. The molecule has 0 aliphatic carbocycles. The Hall–Kier alpha value is -2.26. The molecule has 0 spiro atoms. The number of nitrogens with two attached hydrogens (primary N) is 1. The second-order valence-electron chi connectivity index (χ2n) is 3.24. The van der Waals surface area contributed by atoms with Crippen LogP contribution < -0.4 is 20.5 Å². The Bertz CT molecular complexity index is 521. The van der Waals surface area contributed by atoms with Crippen LogP contribution in [0.25, 0.3) is 0 Å². The molecule has 0 heterocycles. The number of nitriles is 1. The van der Waals surface area contributed by atoms with Crippen molar-refractivity contribution in [1.29, 1.82) is 5.26 Å². The van der Waals surface area contributed by atoms with Gasteiger partial charge in [0.05, 0.1) is 19.9 Å². The van der Waals surface area contributed by atoms with Crippen LogP contribution >= 0.6 is 12.2 Å². The molecular formula is C12H13N3O2S. The lowest BCUT2D eigenvalue weighted by Gasteiger charge is -2.10. The average Bonchev–Trinajstić information content (AvgIpc) is 2.39. The summed E-state index contributed by atoms with van der Waals surface area (Å²) in [6.07, 6.45) is 1.44. The van der Waals surface area contributed by atoms with Crippen molar-refractivity contribution in [2.75, 3.05) is 19.5 Å². The highest BCUT2D eigenvalue weighted by Crippen LogP contribution is 2.29. The standard InChI is InChI=1S/C12H13N3O2S/c1-16-9-3-4-10(11(5-9)17-2)15-7-8(6-13)12(14)18/h3-5,7,15H,1-2H3,(H2,14,18). The van der Waals surface area contributed by atoms with Crippen LogP contribution in [0.3, 0.4) is 0 Å². The van der Waals surface area contributed by atoms with E-state index in [4.69, 9.17) is 32.7 Å². The van der Waals surface area contributed by atoms with Crippen molar-refractivity contribution in [2.45, 2.75) is 0 Å². The molecule has 0 atom stereocenters. The monoisotopic (exact) mass is 263 g/mol. The molecule has 0 amide bonds. The zero-order chi connectivity index (χ0) is 13.5. The maximum atomic E-state index is 8.81. The maximum Gasteiger partial charge on any atom is 0.145 e. The summed E-state index contributed by atoms with van der Waals surface area (Å²) in [5.41, 5.74) is 6.26. The maximum absolute atomic E-state index is 8.81. The van der Waals surface area contributed by atoms with Crippen molar-refractivity contribution >= 4 is 22.9 Å². The third kappa shape index (κ3) is 3.37. The lowest BCUT2D eigenvalue weighted by molar-refractivity contribution is 0.395. The number of rotatable bonds is 5. The van der Waals surface area contributed by atoms with E-state index in [1.165, 1.54) is 6.20 Å². The SMILES string of the molecule is COc1ccc(NC=C(C#N)C(N)=S)c(OC)c1. The topological polar surface area (TPSA) is 80.3 Å². The summed E-state index contributed by atoms with van der Waals surface area (Å²) in [7, 11) is 3.12. The van der Waals surface area contributed by atoms with E-state index in [9.17, 15) is 0 Å². The lowest BCUT2D eigenvalue weighted by Crippen LogP contribution is -2.11. The molecule has 0 aliphatic heterocycles. The van der Waals surface area contributed by atoms with E-state index in [1.807, 2.05) is 6.07 Å². The van der Waals surface area contributed by atoms with Crippen LogP contribution in [0.1, 0.15) is 0 Å². The van der Waals surface area contributed by atoms with Gasteiger partial charge in [-0.15, -0.1) is 0 Å². The van der Waals surface area contributed by atoms with Crippen molar-refractivity contribution in [1.82, 2.24) is 0 Å². The molecule has 3 N–H and O–H groups in total. The Morgan fingerprint density at radius 1 is 1.44 bits per heavy atom. The summed E-state index contributed by atoms with van der Waals surface area (Å²) in [6.45, 7) is 0. The number of nitrogens with zero attached hydrogens (tertiary/aromatic N) is 1. The number of thiocarbonyl (C=S) groups is 1. The molecular weight excluding hydrogens is 250 g/mol. The van der Waals surface area contributed by atoms with Gasteiger partial charge in [0, 0.05) is 12.3 Å². The molecule has 0 saturated heterocycles. The Morgan fingerprint density at radius 2 is 2.17 bits per heavy atom. The summed E-state index contributed by atoms with van der Waals surface area (Å²) < 4.78 is 10.3. The van der Waals surface area contributed by atoms with Crippen molar-refractivity contribution in [3.63, 3.8) is 0 Å². The third-order valence-corrected chi connectivity index (χ3v) is 2.39. The fraction of sp³-hybridized carbons (Fsp3) is 0.167. The van der Waals surface area contributed by atoms with Gasteiger partial charge in [0.2, 0.25) is 0 Å². The van der Waals surface area contributed by atoms with Crippen LogP contribution in [0, 0.1) is 11.3 Å². The molecule has 0 unspecified atom stereocenters. The molecule has 0 saturated carbocycles. The smallest absolute Gasteiger partial charge is 0.145 e. The predicted octanol–water partition coefficient (Wildman–Crippen LogP) is 1.81. The molecule has 94 valence electrons. The largest absolute Gasteiger partial charge is 0.497 e. The van der Waals surface area contributed by atoms with E-state index < -0.39 is 0 Å². The van der Waals surface area contributed by atoms with Gasteiger partial charge in [-0.25, -0.2) is 0 Å². The van der Waals surface area contributed by atoms with Gasteiger partial charge in [0.25, 0.3) is 0 Å². The molecule has 0 radical (unpaired) electrons. The summed E-state index contributed by atoms with van der Waals surface area (Å²) in [5.74, 6) is 1.27. The molecule has 0 aromatic heterocycles. The Labute approximate surface area is 111 Å². The zero-order valence-electron chi connectivity index (χ0n) is 10.1. The number of nitrogens with one attached hydrogen (secondary N) is 1. The highest BCUT2D eigenvalue weighted by molar-refractivity contribution is 7.80. The van der Waals surface area contributed by atoms with E-state index in [0.717, 1.165) is 0 Å². The van der Waals surface area contributed by atoms with Gasteiger partial charge < -0.3 is 20.5 Å².